The number of hydrogen-bond donors (Lipinski definition) is 0. The van der Waals surface area contributed by atoms with E-state index in [4.69, 9.17) is 7.85 Å². The Morgan fingerprint density at radius 1 is 0.769 bits per heavy atom. The van der Waals surface area contributed by atoms with Crippen LogP contribution >= 0.6 is 0 Å². The molecule has 2 unspecified atom stereocenters. The van der Waals surface area contributed by atoms with Gasteiger partial charge in [-0.3, -0.25) is 0 Å². The van der Waals surface area contributed by atoms with Gasteiger partial charge >= 0.3 is 0 Å². The van der Waals surface area contributed by atoms with Crippen molar-refractivity contribution in [3.8, 4) is 0 Å². The second kappa shape index (κ2) is 6.45. The maximum atomic E-state index is 13.1. The minimum Gasteiger partial charge on any atom is -0.247 e. The fraction of sp³-hybridized carbons (Fsp3) is 1.00. The summed E-state index contributed by atoms with van der Waals surface area (Å²) >= 11 is 0. The van der Waals surface area contributed by atoms with Crippen molar-refractivity contribution in [3.05, 3.63) is 0 Å². The minimum absolute atomic E-state index is 0.371. The Labute approximate surface area is 82.7 Å². The summed E-state index contributed by atoms with van der Waals surface area (Å²) in [6.07, 6.45) is 8.74. The first-order chi connectivity index (χ1) is 6.29. The molecule has 0 spiro atoms. The zero-order chi connectivity index (χ0) is 9.52. The maximum Gasteiger partial charge on any atom is 0.100 e. The highest BCUT2D eigenvalue weighted by Gasteiger charge is 2.09. The van der Waals surface area contributed by atoms with Crippen molar-refractivity contribution in [1.29, 1.82) is 0 Å². The van der Waals surface area contributed by atoms with Gasteiger partial charge in [0.1, 0.15) is 6.17 Å². The molecule has 0 aromatic carbocycles. The molecule has 0 aromatic heterocycles. The first-order valence-corrected chi connectivity index (χ1v) is 5.68. The molecule has 0 heterocycles. The summed E-state index contributed by atoms with van der Waals surface area (Å²) in [6.45, 7) is 0. The molecule has 0 N–H and O–H groups in total. The Bertz CT molecular complexity index is 113. The van der Waals surface area contributed by atoms with Crippen molar-refractivity contribution in [2.75, 3.05) is 0 Å². The van der Waals surface area contributed by atoms with Crippen LogP contribution in [0.5, 0.6) is 0 Å². The lowest BCUT2D eigenvalue weighted by molar-refractivity contribution is 0.282. The summed E-state index contributed by atoms with van der Waals surface area (Å²) in [5.74, 6) is 0.371. The quantitative estimate of drug-likeness (QED) is 0.499. The first-order valence-electron chi connectivity index (χ1n) is 5.68. The third-order valence-corrected chi connectivity index (χ3v) is 2.93. The number of rotatable bonds is 0. The Balaban J connectivity index is 2.22. The number of halogens is 1. The van der Waals surface area contributed by atoms with Crippen LogP contribution in [0, 0.1) is 0 Å². The highest BCUT2D eigenvalue weighted by atomic mass is 19.1. The van der Waals surface area contributed by atoms with Gasteiger partial charge in [0.15, 0.2) is 0 Å². The van der Waals surface area contributed by atoms with Gasteiger partial charge in [-0.15, -0.1) is 0 Å². The zero-order valence-corrected chi connectivity index (χ0v) is 8.47. The lowest BCUT2D eigenvalue weighted by Gasteiger charge is -2.09. The summed E-state index contributed by atoms with van der Waals surface area (Å²) in [4.78, 5) is 0. The lowest BCUT2D eigenvalue weighted by atomic mass is 9.79. The highest BCUT2D eigenvalue weighted by molar-refractivity contribution is 6.11. The molecule has 1 aliphatic rings. The van der Waals surface area contributed by atoms with E-state index in [1.54, 1.807) is 0 Å². The van der Waals surface area contributed by atoms with Crippen LogP contribution in [0.4, 0.5) is 4.39 Å². The van der Waals surface area contributed by atoms with Gasteiger partial charge in [0.05, 0.1) is 7.85 Å². The first kappa shape index (κ1) is 11.1. The predicted molar refractivity (Wildman–Crippen MR) is 56.0 cm³/mol. The molecular weight excluding hydrogens is 162 g/mol. The number of hydrogen-bond acceptors (Lipinski definition) is 0. The lowest BCUT2D eigenvalue weighted by Crippen LogP contribution is -1.99. The van der Waals surface area contributed by atoms with Crippen LogP contribution in [-0.4, -0.2) is 14.0 Å². The second-order valence-electron chi connectivity index (χ2n) is 4.28. The molecule has 0 saturated heterocycles. The van der Waals surface area contributed by atoms with E-state index < -0.39 is 6.17 Å². The molecule has 1 fully saturated rings. The largest absolute Gasteiger partial charge is 0.247 e. The van der Waals surface area contributed by atoms with Crippen molar-refractivity contribution in [1.82, 2.24) is 0 Å². The van der Waals surface area contributed by atoms with Crippen LogP contribution in [-0.2, 0) is 0 Å². The van der Waals surface area contributed by atoms with Crippen molar-refractivity contribution >= 4 is 7.85 Å². The second-order valence-corrected chi connectivity index (χ2v) is 4.28. The third kappa shape index (κ3) is 5.33. The van der Waals surface area contributed by atoms with Gasteiger partial charge in [-0.2, -0.15) is 0 Å². The normalized spacial score (nSPS) is 33.6. The van der Waals surface area contributed by atoms with Crippen LogP contribution in [0.25, 0.3) is 0 Å². The Morgan fingerprint density at radius 2 is 1.23 bits per heavy atom. The molecule has 1 rings (SSSR count). The molecule has 0 bridgehead atoms. The van der Waals surface area contributed by atoms with Crippen molar-refractivity contribution in [3.63, 3.8) is 0 Å². The molecule has 0 amide bonds. The van der Waals surface area contributed by atoms with Gasteiger partial charge in [0.25, 0.3) is 0 Å². The van der Waals surface area contributed by atoms with E-state index in [0.717, 1.165) is 51.4 Å². The molecule has 1 aliphatic carbocycles. The molecule has 0 nitrogen and oxygen atoms in total. The maximum absolute atomic E-state index is 13.1. The summed E-state index contributed by atoms with van der Waals surface area (Å²) < 4.78 is 13.1. The Hall–Kier alpha value is -0.00506. The molecule has 13 heavy (non-hydrogen) atoms. The average molecular weight is 182 g/mol. The van der Waals surface area contributed by atoms with E-state index in [1.807, 2.05) is 0 Å². The van der Waals surface area contributed by atoms with E-state index in [2.05, 4.69) is 0 Å². The fourth-order valence-electron chi connectivity index (χ4n) is 2.01. The van der Waals surface area contributed by atoms with E-state index in [9.17, 15) is 4.39 Å². The van der Waals surface area contributed by atoms with Crippen molar-refractivity contribution in [2.45, 2.75) is 69.8 Å². The summed E-state index contributed by atoms with van der Waals surface area (Å²) in [6, 6.07) is 0. The average Bonchev–Trinajstić information content (AvgIpc) is 2.14. The van der Waals surface area contributed by atoms with Gasteiger partial charge in [-0.05, 0) is 12.8 Å². The molecule has 2 atom stereocenters. The van der Waals surface area contributed by atoms with Gasteiger partial charge < -0.3 is 0 Å². The minimum atomic E-state index is -0.547. The van der Waals surface area contributed by atoms with Crippen molar-refractivity contribution in [2.24, 2.45) is 0 Å². The van der Waals surface area contributed by atoms with Crippen molar-refractivity contribution < 1.29 is 4.39 Å². The molecule has 1 saturated carbocycles. The van der Waals surface area contributed by atoms with E-state index >= 15 is 0 Å². The number of alkyl halides is 1. The molecule has 0 aromatic rings. The monoisotopic (exact) mass is 182 g/mol. The van der Waals surface area contributed by atoms with Crippen LogP contribution < -0.4 is 0 Å². The Kier molecular flexibility index (Phi) is 5.49. The van der Waals surface area contributed by atoms with Crippen LogP contribution in [0.1, 0.15) is 57.8 Å². The molecule has 0 aliphatic heterocycles. The topological polar surface area (TPSA) is 0 Å². The van der Waals surface area contributed by atoms with Gasteiger partial charge in [0, 0.05) is 0 Å². The smallest absolute Gasteiger partial charge is 0.100 e. The molecule has 2 radical (unpaired) electrons. The highest BCUT2D eigenvalue weighted by Crippen LogP contribution is 2.23. The van der Waals surface area contributed by atoms with E-state index in [1.165, 1.54) is 6.42 Å². The van der Waals surface area contributed by atoms with Crippen LogP contribution in [0.15, 0.2) is 0 Å². The molecule has 74 valence electrons. The summed E-state index contributed by atoms with van der Waals surface area (Å²) in [5.41, 5.74) is 0. The summed E-state index contributed by atoms with van der Waals surface area (Å²) in [5, 5.41) is 0. The van der Waals surface area contributed by atoms with Gasteiger partial charge in [-0.1, -0.05) is 50.8 Å². The molecule has 2 heteroatoms. The molecular formula is C11H20BF. The summed E-state index contributed by atoms with van der Waals surface area (Å²) in [7, 11) is 5.92. The standard InChI is InChI=1S/C11H20BF/c12-10-6-2-1-3-8-11(13)9-5-4-7-10/h10-11H,1-9H2. The van der Waals surface area contributed by atoms with Crippen LogP contribution in [0.2, 0.25) is 5.82 Å². The SMILES string of the molecule is [B]C1CCCCCC(F)CCCC1. The van der Waals surface area contributed by atoms with Gasteiger partial charge in [-0.25, -0.2) is 4.39 Å². The fourth-order valence-corrected chi connectivity index (χ4v) is 2.01. The predicted octanol–water partition coefficient (Wildman–Crippen LogP) is 3.81. The van der Waals surface area contributed by atoms with Crippen LogP contribution in [0.3, 0.4) is 0 Å². The third-order valence-electron chi connectivity index (χ3n) is 2.93. The van der Waals surface area contributed by atoms with E-state index in [0.29, 0.717) is 5.82 Å². The van der Waals surface area contributed by atoms with E-state index in [-0.39, 0.29) is 0 Å². The van der Waals surface area contributed by atoms with Gasteiger partial charge in [0.2, 0.25) is 0 Å². The zero-order valence-electron chi connectivity index (χ0n) is 8.47. The Morgan fingerprint density at radius 3 is 1.92 bits per heavy atom.